The standard InChI is InChI=1S/C30H37N3O2/c1-22-9-5-6-13-27(22)29(28-23(2)10-8-17-31-28)32(3)30(34)25-15-19-33(20-16-25)18-14-24-11-7-12-26(21-24)35-4/h5-13,17,21,25,29H,14-16,18-20H2,1-4H3. The first-order valence-corrected chi connectivity index (χ1v) is 12.6. The average molecular weight is 472 g/mol. The number of hydrogen-bond acceptors (Lipinski definition) is 4. The minimum Gasteiger partial charge on any atom is -0.497 e. The largest absolute Gasteiger partial charge is 0.497 e. The molecule has 1 aliphatic rings. The number of hydrogen-bond donors (Lipinski definition) is 0. The molecular formula is C30H37N3O2. The van der Waals surface area contributed by atoms with Gasteiger partial charge in [-0.3, -0.25) is 9.78 Å². The molecule has 1 unspecified atom stereocenters. The maximum atomic E-state index is 13.7. The molecule has 0 saturated carbocycles. The highest BCUT2D eigenvalue weighted by Crippen LogP contribution is 2.33. The van der Waals surface area contributed by atoms with Crippen LogP contribution in [0.2, 0.25) is 0 Å². The Labute approximate surface area is 209 Å². The van der Waals surface area contributed by atoms with Gasteiger partial charge in [-0.05, 0) is 86.7 Å². The van der Waals surface area contributed by atoms with Crippen molar-refractivity contribution in [3.05, 3.63) is 94.8 Å². The number of amides is 1. The second-order valence-corrected chi connectivity index (χ2v) is 9.63. The van der Waals surface area contributed by atoms with E-state index in [1.807, 2.05) is 48.5 Å². The minimum atomic E-state index is -0.184. The van der Waals surface area contributed by atoms with Gasteiger partial charge in [-0.25, -0.2) is 0 Å². The van der Waals surface area contributed by atoms with E-state index >= 15 is 0 Å². The molecule has 1 saturated heterocycles. The Morgan fingerprint density at radius 3 is 2.51 bits per heavy atom. The number of aromatic nitrogens is 1. The smallest absolute Gasteiger partial charge is 0.226 e. The summed E-state index contributed by atoms with van der Waals surface area (Å²) in [7, 11) is 3.65. The number of carbonyl (C=O) groups is 1. The van der Waals surface area contributed by atoms with Gasteiger partial charge in [0.2, 0.25) is 5.91 Å². The summed E-state index contributed by atoms with van der Waals surface area (Å²) < 4.78 is 5.35. The lowest BCUT2D eigenvalue weighted by Crippen LogP contribution is -2.43. The highest BCUT2D eigenvalue weighted by molar-refractivity contribution is 5.79. The van der Waals surface area contributed by atoms with Crippen molar-refractivity contribution in [3.63, 3.8) is 0 Å². The van der Waals surface area contributed by atoms with Crippen LogP contribution in [0.25, 0.3) is 0 Å². The lowest BCUT2D eigenvalue weighted by Gasteiger charge is -2.36. The number of piperidine rings is 1. The van der Waals surface area contributed by atoms with Gasteiger partial charge in [-0.1, -0.05) is 42.5 Å². The molecule has 0 spiro atoms. The summed E-state index contributed by atoms with van der Waals surface area (Å²) in [5, 5.41) is 0. The number of pyridine rings is 1. The molecule has 0 bridgehead atoms. The van der Waals surface area contributed by atoms with Crippen LogP contribution in [-0.2, 0) is 11.2 Å². The molecule has 1 fully saturated rings. The van der Waals surface area contributed by atoms with Crippen LogP contribution in [0.4, 0.5) is 0 Å². The van der Waals surface area contributed by atoms with Crippen LogP contribution in [-0.4, -0.2) is 54.5 Å². The maximum absolute atomic E-state index is 13.7. The van der Waals surface area contributed by atoms with Crippen molar-refractivity contribution in [2.45, 2.75) is 39.2 Å². The third-order valence-electron chi connectivity index (χ3n) is 7.31. The fourth-order valence-electron chi connectivity index (χ4n) is 5.15. The summed E-state index contributed by atoms with van der Waals surface area (Å²) in [5.74, 6) is 1.17. The fourth-order valence-corrected chi connectivity index (χ4v) is 5.15. The van der Waals surface area contributed by atoms with Crippen molar-refractivity contribution in [2.75, 3.05) is 33.8 Å². The molecule has 35 heavy (non-hydrogen) atoms. The SMILES string of the molecule is COc1cccc(CCN2CCC(C(=O)N(C)C(c3ccccc3C)c3ncccc3C)CC2)c1. The molecule has 1 atom stereocenters. The minimum absolute atomic E-state index is 0.0450. The van der Waals surface area contributed by atoms with E-state index in [9.17, 15) is 4.79 Å². The molecule has 0 aliphatic carbocycles. The Bertz CT molecular complexity index is 1090. The van der Waals surface area contributed by atoms with Crippen molar-refractivity contribution in [1.82, 2.24) is 14.8 Å². The number of methoxy groups -OCH3 is 1. The third kappa shape index (κ3) is 5.91. The highest BCUT2D eigenvalue weighted by atomic mass is 16.5. The summed E-state index contributed by atoms with van der Waals surface area (Å²) in [6, 6.07) is 20.5. The monoisotopic (exact) mass is 471 g/mol. The molecule has 5 nitrogen and oxygen atoms in total. The fraction of sp³-hybridized carbons (Fsp3) is 0.400. The van der Waals surface area contributed by atoms with Crippen LogP contribution in [0.1, 0.15) is 46.8 Å². The molecule has 0 N–H and O–H groups in total. The van der Waals surface area contributed by atoms with Crippen molar-refractivity contribution in [1.29, 1.82) is 0 Å². The number of rotatable bonds is 8. The summed E-state index contributed by atoms with van der Waals surface area (Å²) in [6.07, 6.45) is 4.60. The molecule has 1 aromatic heterocycles. The van der Waals surface area contributed by atoms with Gasteiger partial charge in [-0.2, -0.15) is 0 Å². The quantitative estimate of drug-likeness (QED) is 0.452. The molecule has 1 amide bonds. The Hall–Kier alpha value is -3.18. The molecule has 4 rings (SSSR count). The zero-order valence-corrected chi connectivity index (χ0v) is 21.4. The Morgan fingerprint density at radius 2 is 1.80 bits per heavy atom. The van der Waals surface area contributed by atoms with Gasteiger partial charge >= 0.3 is 0 Å². The molecule has 2 aromatic carbocycles. The molecule has 2 heterocycles. The van der Waals surface area contributed by atoms with Gasteiger partial charge < -0.3 is 14.5 Å². The predicted molar refractivity (Wildman–Crippen MR) is 141 cm³/mol. The molecule has 184 valence electrons. The number of nitrogens with zero attached hydrogens (tertiary/aromatic N) is 3. The number of aryl methyl sites for hydroxylation is 2. The van der Waals surface area contributed by atoms with Gasteiger partial charge in [0.05, 0.1) is 18.8 Å². The lowest BCUT2D eigenvalue weighted by molar-refractivity contribution is -0.137. The summed E-state index contributed by atoms with van der Waals surface area (Å²) in [5.41, 5.74) is 5.66. The highest BCUT2D eigenvalue weighted by Gasteiger charge is 2.33. The molecule has 0 radical (unpaired) electrons. The van der Waals surface area contributed by atoms with E-state index in [1.54, 1.807) is 7.11 Å². The zero-order chi connectivity index (χ0) is 24.8. The topological polar surface area (TPSA) is 45.7 Å². The Morgan fingerprint density at radius 1 is 1.06 bits per heavy atom. The van der Waals surface area contributed by atoms with Crippen LogP contribution >= 0.6 is 0 Å². The van der Waals surface area contributed by atoms with Crippen LogP contribution in [0, 0.1) is 19.8 Å². The number of ether oxygens (including phenoxy) is 1. The summed E-state index contributed by atoms with van der Waals surface area (Å²) >= 11 is 0. The van der Waals surface area contributed by atoms with Crippen molar-refractivity contribution >= 4 is 5.91 Å². The van der Waals surface area contributed by atoms with Crippen LogP contribution in [0.5, 0.6) is 5.75 Å². The Balaban J connectivity index is 1.42. The summed E-state index contributed by atoms with van der Waals surface area (Å²) in [4.78, 5) is 22.9. The summed E-state index contributed by atoms with van der Waals surface area (Å²) in [6.45, 7) is 7.09. The second kappa shape index (κ2) is 11.5. The first-order valence-electron chi connectivity index (χ1n) is 12.6. The van der Waals surface area contributed by atoms with E-state index in [1.165, 1.54) is 11.1 Å². The van der Waals surface area contributed by atoms with Crippen molar-refractivity contribution < 1.29 is 9.53 Å². The van der Waals surface area contributed by atoms with Crippen molar-refractivity contribution in [2.24, 2.45) is 5.92 Å². The van der Waals surface area contributed by atoms with Gasteiger partial charge in [0.1, 0.15) is 5.75 Å². The molecule has 5 heteroatoms. The lowest BCUT2D eigenvalue weighted by atomic mass is 9.91. The zero-order valence-electron chi connectivity index (χ0n) is 21.4. The van der Waals surface area contributed by atoms with Crippen molar-refractivity contribution in [3.8, 4) is 5.75 Å². The van der Waals surface area contributed by atoms with Gasteiger partial charge in [-0.15, -0.1) is 0 Å². The van der Waals surface area contributed by atoms with Gasteiger partial charge in [0.25, 0.3) is 0 Å². The number of carbonyl (C=O) groups excluding carboxylic acids is 1. The predicted octanol–water partition coefficient (Wildman–Crippen LogP) is 5.21. The van der Waals surface area contributed by atoms with E-state index < -0.39 is 0 Å². The van der Waals surface area contributed by atoms with E-state index in [0.29, 0.717) is 0 Å². The molecule has 3 aromatic rings. The van der Waals surface area contributed by atoms with E-state index in [-0.39, 0.29) is 17.9 Å². The van der Waals surface area contributed by atoms with E-state index in [2.05, 4.69) is 49.1 Å². The second-order valence-electron chi connectivity index (χ2n) is 9.63. The Kier molecular flexibility index (Phi) is 8.19. The molecule has 1 aliphatic heterocycles. The van der Waals surface area contributed by atoms with Crippen LogP contribution in [0.3, 0.4) is 0 Å². The van der Waals surface area contributed by atoms with Gasteiger partial charge in [0.15, 0.2) is 0 Å². The first kappa shape index (κ1) is 24.9. The molecular weight excluding hydrogens is 434 g/mol. The first-order chi connectivity index (χ1) is 17.0. The third-order valence-corrected chi connectivity index (χ3v) is 7.31. The maximum Gasteiger partial charge on any atom is 0.226 e. The van der Waals surface area contributed by atoms with Crippen LogP contribution in [0.15, 0.2) is 66.9 Å². The van der Waals surface area contributed by atoms with Gasteiger partial charge in [0, 0.05) is 25.7 Å². The normalized spacial score (nSPS) is 15.5. The number of benzene rings is 2. The van der Waals surface area contributed by atoms with Crippen LogP contribution < -0.4 is 4.74 Å². The number of likely N-dealkylation sites (tertiary alicyclic amines) is 1. The van der Waals surface area contributed by atoms with E-state index in [4.69, 9.17) is 9.72 Å². The van der Waals surface area contributed by atoms with E-state index in [0.717, 1.165) is 61.5 Å². The average Bonchev–Trinajstić information content (AvgIpc) is 2.89.